The number of fused-ring (bicyclic) bond motifs is 4. The van der Waals surface area contributed by atoms with Crippen LogP contribution in [-0.4, -0.2) is 18.0 Å². The van der Waals surface area contributed by atoms with Crippen molar-refractivity contribution in [2.75, 3.05) is 0 Å². The van der Waals surface area contributed by atoms with Gasteiger partial charge in [-0.3, -0.25) is 4.79 Å². The second-order valence-electron chi connectivity index (χ2n) is 7.99. The van der Waals surface area contributed by atoms with Gasteiger partial charge >= 0.3 is 10.5 Å². The third kappa shape index (κ3) is 3.49. The van der Waals surface area contributed by atoms with Crippen LogP contribution in [0.1, 0.15) is 18.1 Å². The van der Waals surface area contributed by atoms with E-state index in [1.807, 2.05) is 30.7 Å². The van der Waals surface area contributed by atoms with E-state index < -0.39 is 10.5 Å². The van der Waals surface area contributed by atoms with E-state index in [1.54, 1.807) is 30.3 Å². The molecule has 0 saturated heterocycles. The Hall–Kier alpha value is -4.16. The fourth-order valence-electron chi connectivity index (χ4n) is 4.47. The van der Waals surface area contributed by atoms with E-state index >= 15 is 0 Å². The van der Waals surface area contributed by atoms with E-state index in [4.69, 9.17) is 0 Å². The molecule has 7 nitrogen and oxygen atoms in total. The smallest absolute Gasteiger partial charge is 0.358 e. The molecule has 2 aromatic heterocycles. The SMILES string of the molecule is CCc1cc2c(=O)c3c4ccc(C#N)cc4[nH]c3n(C)c2cc1-c1cccc(OS(=O)(=O)F)c1. The highest BCUT2D eigenvalue weighted by Crippen LogP contribution is 2.33. The Kier molecular flexibility index (Phi) is 4.92. The summed E-state index contributed by atoms with van der Waals surface area (Å²) < 4.78 is 41.2. The van der Waals surface area contributed by atoms with Gasteiger partial charge < -0.3 is 13.7 Å². The van der Waals surface area contributed by atoms with Crippen LogP contribution in [0.15, 0.2) is 59.4 Å². The second kappa shape index (κ2) is 7.71. The van der Waals surface area contributed by atoms with Crippen LogP contribution in [0.25, 0.3) is 44.0 Å². The summed E-state index contributed by atoms with van der Waals surface area (Å²) in [5, 5.41) is 11.1. The molecule has 0 aliphatic rings. The van der Waals surface area contributed by atoms with Crippen molar-refractivity contribution >= 4 is 43.3 Å². The predicted molar refractivity (Wildman–Crippen MR) is 129 cm³/mol. The Morgan fingerprint density at radius 3 is 2.62 bits per heavy atom. The molecule has 0 aliphatic carbocycles. The van der Waals surface area contributed by atoms with Crippen molar-refractivity contribution in [3.05, 3.63) is 75.9 Å². The van der Waals surface area contributed by atoms with E-state index in [-0.39, 0.29) is 11.2 Å². The molecule has 0 atom stereocenters. The van der Waals surface area contributed by atoms with Gasteiger partial charge in [0.1, 0.15) is 11.4 Å². The minimum Gasteiger partial charge on any atom is -0.358 e. The molecule has 0 amide bonds. The maximum atomic E-state index is 13.6. The van der Waals surface area contributed by atoms with Crippen molar-refractivity contribution < 1.29 is 16.5 Å². The summed E-state index contributed by atoms with van der Waals surface area (Å²) in [6, 6.07) is 17.1. The van der Waals surface area contributed by atoms with Gasteiger partial charge in [-0.15, -0.1) is 0 Å². The van der Waals surface area contributed by atoms with Crippen molar-refractivity contribution in [2.24, 2.45) is 7.05 Å². The van der Waals surface area contributed by atoms with Crippen molar-refractivity contribution in [1.29, 1.82) is 5.26 Å². The zero-order chi connectivity index (χ0) is 24.2. The van der Waals surface area contributed by atoms with Gasteiger partial charge in [0.2, 0.25) is 0 Å². The van der Waals surface area contributed by atoms with Crippen LogP contribution < -0.4 is 9.61 Å². The fourth-order valence-corrected chi connectivity index (χ4v) is 4.81. The van der Waals surface area contributed by atoms with Crippen LogP contribution in [0.5, 0.6) is 5.75 Å². The van der Waals surface area contributed by atoms with Crippen LogP contribution in [0.2, 0.25) is 0 Å². The first kappa shape index (κ1) is 21.7. The van der Waals surface area contributed by atoms with Gasteiger partial charge in [0.25, 0.3) is 0 Å². The highest BCUT2D eigenvalue weighted by atomic mass is 32.3. The molecule has 0 fully saturated rings. The molecule has 3 aromatic carbocycles. The summed E-state index contributed by atoms with van der Waals surface area (Å²) in [6.45, 7) is 1.95. The van der Waals surface area contributed by atoms with Gasteiger partial charge in [-0.2, -0.15) is 13.7 Å². The summed E-state index contributed by atoms with van der Waals surface area (Å²) in [6.07, 6.45) is 0.609. The molecule has 0 aliphatic heterocycles. The number of hydrogen-bond donors (Lipinski definition) is 1. The van der Waals surface area contributed by atoms with E-state index in [9.17, 15) is 22.4 Å². The Morgan fingerprint density at radius 2 is 1.91 bits per heavy atom. The van der Waals surface area contributed by atoms with Crippen LogP contribution >= 0.6 is 0 Å². The monoisotopic (exact) mass is 475 g/mol. The number of nitriles is 1. The Balaban J connectivity index is 1.81. The van der Waals surface area contributed by atoms with Gasteiger partial charge in [-0.25, -0.2) is 0 Å². The van der Waals surface area contributed by atoms with Gasteiger partial charge in [0.05, 0.1) is 22.5 Å². The molecule has 0 bridgehead atoms. The summed E-state index contributed by atoms with van der Waals surface area (Å²) in [5.41, 5.74) is 4.63. The number of nitrogens with one attached hydrogen (secondary N) is 1. The highest BCUT2D eigenvalue weighted by molar-refractivity contribution is 7.81. The lowest BCUT2D eigenvalue weighted by Gasteiger charge is -2.14. The van der Waals surface area contributed by atoms with Crippen LogP contribution in [-0.2, 0) is 24.0 Å². The van der Waals surface area contributed by atoms with E-state index in [0.717, 1.165) is 16.5 Å². The molecule has 5 aromatic rings. The molecular weight excluding hydrogens is 457 g/mol. The molecule has 0 unspecified atom stereocenters. The molecule has 0 saturated carbocycles. The van der Waals surface area contributed by atoms with Gasteiger partial charge in [-0.1, -0.05) is 29.0 Å². The standard InChI is InChI=1S/C25H18FN3O4S/c1-3-15-11-20-22(12-19(15)16-5-4-6-17(10-16)33-34(26,31)32)29(2)25-23(24(20)30)18-8-7-14(13-27)9-21(18)28-25/h4-12,28H,3H2,1-2H3. The van der Waals surface area contributed by atoms with E-state index in [2.05, 4.69) is 15.2 Å². The number of aromatic nitrogens is 2. The van der Waals surface area contributed by atoms with Crippen LogP contribution in [0.4, 0.5) is 3.89 Å². The molecule has 1 N–H and O–H groups in total. The molecule has 34 heavy (non-hydrogen) atoms. The van der Waals surface area contributed by atoms with Crippen molar-refractivity contribution in [3.8, 4) is 22.9 Å². The number of pyridine rings is 1. The lowest BCUT2D eigenvalue weighted by molar-refractivity contribution is 0.440. The Morgan fingerprint density at radius 1 is 1.12 bits per heavy atom. The average molecular weight is 476 g/mol. The molecule has 2 heterocycles. The maximum absolute atomic E-state index is 13.6. The quantitative estimate of drug-likeness (QED) is 0.374. The topological polar surface area (TPSA) is 105 Å². The second-order valence-corrected chi connectivity index (χ2v) is 8.95. The lowest BCUT2D eigenvalue weighted by atomic mass is 9.95. The highest BCUT2D eigenvalue weighted by Gasteiger charge is 2.18. The zero-order valence-corrected chi connectivity index (χ0v) is 19.0. The Bertz CT molecular complexity index is 1850. The first-order valence-corrected chi connectivity index (χ1v) is 11.8. The lowest BCUT2D eigenvalue weighted by Crippen LogP contribution is -2.09. The average Bonchev–Trinajstić information content (AvgIpc) is 3.20. The third-order valence-electron chi connectivity index (χ3n) is 6.02. The predicted octanol–water partition coefficient (Wildman–Crippen LogP) is 4.87. The number of benzene rings is 3. The first-order valence-electron chi connectivity index (χ1n) is 10.5. The number of aromatic amines is 1. The van der Waals surface area contributed by atoms with Crippen molar-refractivity contribution in [2.45, 2.75) is 13.3 Å². The summed E-state index contributed by atoms with van der Waals surface area (Å²) in [7, 11) is -3.31. The summed E-state index contributed by atoms with van der Waals surface area (Å²) in [4.78, 5) is 16.8. The number of aryl methyl sites for hydroxylation is 2. The normalized spacial score (nSPS) is 11.8. The minimum absolute atomic E-state index is 0.124. The van der Waals surface area contributed by atoms with Crippen molar-refractivity contribution in [1.82, 2.24) is 9.55 Å². The van der Waals surface area contributed by atoms with Crippen molar-refractivity contribution in [3.63, 3.8) is 0 Å². The van der Waals surface area contributed by atoms with Gasteiger partial charge in [-0.05, 0) is 59.5 Å². The van der Waals surface area contributed by atoms with E-state index in [1.165, 1.54) is 12.1 Å². The molecule has 9 heteroatoms. The largest absolute Gasteiger partial charge is 0.488 e. The van der Waals surface area contributed by atoms with E-state index in [0.29, 0.717) is 45.0 Å². The number of hydrogen-bond acceptors (Lipinski definition) is 5. The third-order valence-corrected chi connectivity index (χ3v) is 6.41. The first-order chi connectivity index (χ1) is 16.2. The zero-order valence-electron chi connectivity index (χ0n) is 18.2. The number of halogens is 1. The summed E-state index contributed by atoms with van der Waals surface area (Å²) >= 11 is 0. The molecule has 0 spiro atoms. The molecular formula is C25H18FN3O4S. The van der Waals surface area contributed by atoms with Gasteiger partial charge in [0.15, 0.2) is 5.43 Å². The number of nitrogens with zero attached hydrogens (tertiary/aromatic N) is 2. The molecule has 170 valence electrons. The minimum atomic E-state index is -5.15. The summed E-state index contributed by atoms with van der Waals surface area (Å²) in [5.74, 6) is -0.143. The van der Waals surface area contributed by atoms with Crippen LogP contribution in [0.3, 0.4) is 0 Å². The van der Waals surface area contributed by atoms with Gasteiger partial charge in [0, 0.05) is 23.3 Å². The maximum Gasteiger partial charge on any atom is 0.488 e. The molecule has 0 radical (unpaired) electrons. The number of H-pyrrole nitrogens is 1. The Labute approximate surface area is 194 Å². The van der Waals surface area contributed by atoms with Crippen LogP contribution in [0, 0.1) is 11.3 Å². The number of rotatable bonds is 4. The molecule has 5 rings (SSSR count). The fraction of sp³-hybridized carbons (Fsp3) is 0.120.